The Kier molecular flexibility index (Phi) is 10.9. The van der Waals surface area contributed by atoms with E-state index in [2.05, 4.69) is 21.3 Å². The van der Waals surface area contributed by atoms with Crippen LogP contribution in [0.15, 0.2) is 0 Å². The predicted octanol–water partition coefficient (Wildman–Crippen LogP) is -0.857. The largest absolute Gasteiger partial charge is 0.480 e. The van der Waals surface area contributed by atoms with Crippen LogP contribution >= 0.6 is 0 Å². The van der Waals surface area contributed by atoms with Crippen molar-refractivity contribution in [1.29, 1.82) is 0 Å². The number of rotatable bonds is 12. The van der Waals surface area contributed by atoms with Crippen molar-refractivity contribution < 1.29 is 14.7 Å². The number of aliphatic carboxylic acids is 1. The smallest absolute Gasteiger partial charge is 0.327 e. The Hall–Kier alpha value is -1.18. The van der Waals surface area contributed by atoms with Crippen LogP contribution in [0.3, 0.4) is 0 Å². The molecule has 2 atom stereocenters. The van der Waals surface area contributed by atoms with Crippen molar-refractivity contribution in [3.05, 3.63) is 0 Å². The van der Waals surface area contributed by atoms with Gasteiger partial charge in [0.05, 0.1) is 6.04 Å². The van der Waals surface area contributed by atoms with Crippen LogP contribution in [0.1, 0.15) is 27.2 Å². The van der Waals surface area contributed by atoms with E-state index in [1.807, 2.05) is 20.8 Å². The molecule has 0 aliphatic rings. The number of hydrogen-bond donors (Lipinski definition) is 5. The van der Waals surface area contributed by atoms with Gasteiger partial charge in [0.25, 0.3) is 0 Å². The number of carbonyl (C=O) groups excluding carboxylic acids is 1. The topological polar surface area (TPSA) is 102 Å². The van der Waals surface area contributed by atoms with Crippen molar-refractivity contribution in [3.8, 4) is 0 Å². The molecule has 7 nitrogen and oxygen atoms in total. The summed E-state index contributed by atoms with van der Waals surface area (Å²) in [6, 6.07) is -1.33. The summed E-state index contributed by atoms with van der Waals surface area (Å²) in [6.45, 7) is 8.70. The zero-order valence-corrected chi connectivity index (χ0v) is 12.7. The van der Waals surface area contributed by atoms with Crippen molar-refractivity contribution >= 4 is 11.9 Å². The van der Waals surface area contributed by atoms with Crippen LogP contribution in [0.2, 0.25) is 0 Å². The van der Waals surface area contributed by atoms with Gasteiger partial charge in [0.15, 0.2) is 0 Å². The Bertz CT molecular complexity index is 279. The number of carbonyl (C=O) groups is 2. The Labute approximate surface area is 120 Å². The van der Waals surface area contributed by atoms with Crippen molar-refractivity contribution in [1.82, 2.24) is 21.3 Å². The number of likely N-dealkylation sites (N-methyl/N-ethyl adjacent to an activating group) is 2. The van der Waals surface area contributed by atoms with Crippen molar-refractivity contribution in [2.45, 2.75) is 39.3 Å². The molecule has 0 aliphatic carbocycles. The summed E-state index contributed by atoms with van der Waals surface area (Å²) in [5, 5.41) is 20.8. The highest BCUT2D eigenvalue weighted by molar-refractivity contribution is 5.87. The molecule has 0 heterocycles. The third-order valence-corrected chi connectivity index (χ3v) is 2.77. The van der Waals surface area contributed by atoms with Crippen molar-refractivity contribution in [2.75, 3.05) is 32.7 Å². The molecule has 0 aromatic carbocycles. The van der Waals surface area contributed by atoms with Crippen LogP contribution in [0.5, 0.6) is 0 Å². The summed E-state index contributed by atoms with van der Waals surface area (Å²) in [4.78, 5) is 23.2. The fourth-order valence-corrected chi connectivity index (χ4v) is 1.63. The lowest BCUT2D eigenvalue weighted by molar-refractivity contribution is -0.142. The first-order valence-electron chi connectivity index (χ1n) is 7.24. The van der Waals surface area contributed by atoms with E-state index in [0.29, 0.717) is 19.6 Å². The summed E-state index contributed by atoms with van der Waals surface area (Å²) >= 11 is 0. The Morgan fingerprint density at radius 2 is 1.55 bits per heavy atom. The zero-order chi connectivity index (χ0) is 15.4. The molecule has 0 rings (SSSR count). The molecule has 118 valence electrons. The van der Waals surface area contributed by atoms with Crippen LogP contribution in [-0.2, 0) is 9.59 Å². The number of nitrogens with one attached hydrogen (secondary N) is 4. The average Bonchev–Trinajstić information content (AvgIpc) is 2.43. The molecule has 0 spiro atoms. The van der Waals surface area contributed by atoms with Gasteiger partial charge in [-0.3, -0.25) is 4.79 Å². The van der Waals surface area contributed by atoms with Gasteiger partial charge in [0.1, 0.15) is 6.04 Å². The summed E-state index contributed by atoms with van der Waals surface area (Å²) < 4.78 is 0. The van der Waals surface area contributed by atoms with Gasteiger partial charge in [-0.2, -0.15) is 0 Å². The predicted molar refractivity (Wildman–Crippen MR) is 78.7 cm³/mol. The van der Waals surface area contributed by atoms with E-state index in [1.54, 1.807) is 0 Å². The minimum atomic E-state index is -1.03. The van der Waals surface area contributed by atoms with Crippen LogP contribution in [0.25, 0.3) is 0 Å². The molecule has 0 saturated heterocycles. The second-order valence-corrected chi connectivity index (χ2v) is 4.52. The first-order valence-corrected chi connectivity index (χ1v) is 7.24. The fraction of sp³-hybridized carbons (Fsp3) is 0.846. The summed E-state index contributed by atoms with van der Waals surface area (Å²) in [5.41, 5.74) is 0. The third-order valence-electron chi connectivity index (χ3n) is 2.77. The number of amides is 1. The van der Waals surface area contributed by atoms with Crippen molar-refractivity contribution in [3.63, 3.8) is 0 Å². The Morgan fingerprint density at radius 3 is 2.00 bits per heavy atom. The molecule has 0 aromatic heterocycles. The second kappa shape index (κ2) is 11.6. The second-order valence-electron chi connectivity index (χ2n) is 4.52. The van der Waals surface area contributed by atoms with E-state index in [-0.39, 0.29) is 12.5 Å². The van der Waals surface area contributed by atoms with Crippen LogP contribution in [0.4, 0.5) is 0 Å². The summed E-state index contributed by atoms with van der Waals surface area (Å²) in [5.74, 6) is -1.32. The summed E-state index contributed by atoms with van der Waals surface area (Å²) in [6.07, 6.45) is 0.912. The molecular formula is C13H28N4O3. The van der Waals surface area contributed by atoms with Gasteiger partial charge < -0.3 is 26.4 Å². The fourth-order valence-electron chi connectivity index (χ4n) is 1.63. The van der Waals surface area contributed by atoms with Gasteiger partial charge in [0.2, 0.25) is 5.91 Å². The van der Waals surface area contributed by atoms with Gasteiger partial charge in [-0.15, -0.1) is 0 Å². The van der Waals surface area contributed by atoms with Gasteiger partial charge in [-0.25, -0.2) is 4.79 Å². The van der Waals surface area contributed by atoms with Crippen LogP contribution < -0.4 is 21.3 Å². The molecule has 0 aromatic rings. The molecule has 0 radical (unpaired) electrons. The van der Waals surface area contributed by atoms with Crippen LogP contribution in [0, 0.1) is 0 Å². The van der Waals surface area contributed by atoms with E-state index < -0.39 is 18.1 Å². The van der Waals surface area contributed by atoms with E-state index in [9.17, 15) is 9.59 Å². The Balaban J connectivity index is 4.47. The molecule has 0 fully saturated rings. The minimum absolute atomic E-state index is 0.222. The van der Waals surface area contributed by atoms with Crippen LogP contribution in [-0.4, -0.2) is 61.8 Å². The van der Waals surface area contributed by atoms with E-state index >= 15 is 0 Å². The molecule has 0 saturated carbocycles. The molecule has 0 aliphatic heterocycles. The van der Waals surface area contributed by atoms with Gasteiger partial charge in [-0.05, 0) is 26.1 Å². The molecule has 5 N–H and O–H groups in total. The Morgan fingerprint density at radius 1 is 1.00 bits per heavy atom. The SMILES string of the molecule is CCCNC(CNCC)C(=O)NC(CNCC)C(=O)O. The molecule has 0 bridgehead atoms. The van der Waals surface area contributed by atoms with E-state index in [1.165, 1.54) is 0 Å². The average molecular weight is 288 g/mol. The molecule has 1 amide bonds. The number of carboxylic acid groups (broad SMARTS) is 1. The highest BCUT2D eigenvalue weighted by Gasteiger charge is 2.24. The molecule has 7 heteroatoms. The van der Waals surface area contributed by atoms with Gasteiger partial charge >= 0.3 is 5.97 Å². The van der Waals surface area contributed by atoms with Crippen molar-refractivity contribution in [2.24, 2.45) is 0 Å². The van der Waals surface area contributed by atoms with Gasteiger partial charge in [-0.1, -0.05) is 20.8 Å². The summed E-state index contributed by atoms with van der Waals surface area (Å²) in [7, 11) is 0. The van der Waals surface area contributed by atoms with Gasteiger partial charge in [0, 0.05) is 13.1 Å². The quantitative estimate of drug-likeness (QED) is 0.320. The minimum Gasteiger partial charge on any atom is -0.480 e. The lowest BCUT2D eigenvalue weighted by Gasteiger charge is -2.21. The normalized spacial score (nSPS) is 13.8. The third kappa shape index (κ3) is 8.08. The lowest BCUT2D eigenvalue weighted by atomic mass is 10.2. The monoisotopic (exact) mass is 288 g/mol. The van der Waals surface area contributed by atoms with E-state index in [0.717, 1.165) is 13.0 Å². The first kappa shape index (κ1) is 18.8. The maximum Gasteiger partial charge on any atom is 0.327 e. The molecule has 2 unspecified atom stereocenters. The first-order chi connectivity index (χ1) is 9.56. The van der Waals surface area contributed by atoms with E-state index in [4.69, 9.17) is 5.11 Å². The lowest BCUT2D eigenvalue weighted by Crippen LogP contribution is -2.56. The highest BCUT2D eigenvalue weighted by atomic mass is 16.4. The maximum atomic E-state index is 12.1. The molecular weight excluding hydrogens is 260 g/mol. The highest BCUT2D eigenvalue weighted by Crippen LogP contribution is 1.89. The standard InChI is InChI=1S/C13H28N4O3/c1-4-7-16-10(8-14-5-2)12(18)17-11(13(19)20)9-15-6-3/h10-11,14-16H,4-9H2,1-3H3,(H,17,18)(H,19,20). The number of carboxylic acids is 1. The maximum absolute atomic E-state index is 12.1. The zero-order valence-electron chi connectivity index (χ0n) is 12.7. The number of hydrogen-bond acceptors (Lipinski definition) is 5. The molecule has 20 heavy (non-hydrogen) atoms.